The van der Waals surface area contributed by atoms with E-state index >= 15 is 0 Å². The summed E-state index contributed by atoms with van der Waals surface area (Å²) >= 11 is 0. The number of rotatable bonds is 3. The van der Waals surface area contributed by atoms with Crippen LogP contribution in [-0.4, -0.2) is 30.6 Å². The second-order valence-electron chi connectivity index (χ2n) is 4.25. The van der Waals surface area contributed by atoms with Gasteiger partial charge in [-0.1, -0.05) is 25.1 Å². The van der Waals surface area contributed by atoms with E-state index in [1.165, 1.54) is 0 Å². The van der Waals surface area contributed by atoms with Crippen molar-refractivity contribution in [3.8, 4) is 0 Å². The van der Waals surface area contributed by atoms with E-state index in [-0.39, 0.29) is 5.91 Å². The van der Waals surface area contributed by atoms with E-state index in [0.717, 1.165) is 17.8 Å². The summed E-state index contributed by atoms with van der Waals surface area (Å²) in [5.74, 6) is 0.0389. The van der Waals surface area contributed by atoms with Gasteiger partial charge in [0, 0.05) is 24.3 Å². The van der Waals surface area contributed by atoms with E-state index in [9.17, 15) is 9.90 Å². The van der Waals surface area contributed by atoms with Crippen LogP contribution < -0.4 is 10.2 Å². The molecule has 4 heteroatoms. The van der Waals surface area contributed by atoms with Gasteiger partial charge >= 0.3 is 0 Å². The molecule has 1 saturated heterocycles. The quantitative estimate of drug-likeness (QED) is 0.822. The first-order valence-corrected chi connectivity index (χ1v) is 6.01. The molecular formula is C13H18N2O2. The van der Waals surface area contributed by atoms with Crippen LogP contribution >= 0.6 is 0 Å². The molecule has 2 rings (SSSR count). The molecule has 1 atom stereocenters. The number of carbonyl (C=O) groups is 1. The van der Waals surface area contributed by atoms with Gasteiger partial charge in [-0.3, -0.25) is 4.79 Å². The summed E-state index contributed by atoms with van der Waals surface area (Å²) in [6.45, 7) is 3.77. The van der Waals surface area contributed by atoms with Crippen molar-refractivity contribution in [2.45, 2.75) is 19.4 Å². The largest absolute Gasteiger partial charge is 0.388 e. The monoisotopic (exact) mass is 234 g/mol. The molecule has 1 aromatic carbocycles. The van der Waals surface area contributed by atoms with Crippen LogP contribution in [0.15, 0.2) is 24.3 Å². The fourth-order valence-corrected chi connectivity index (χ4v) is 2.12. The Morgan fingerprint density at radius 1 is 1.47 bits per heavy atom. The minimum absolute atomic E-state index is 0.0389. The van der Waals surface area contributed by atoms with Gasteiger partial charge in [0.2, 0.25) is 5.91 Å². The van der Waals surface area contributed by atoms with Crippen molar-refractivity contribution in [1.82, 2.24) is 5.32 Å². The highest BCUT2D eigenvalue weighted by atomic mass is 16.3. The van der Waals surface area contributed by atoms with E-state index in [0.29, 0.717) is 19.5 Å². The molecule has 0 bridgehead atoms. The fourth-order valence-electron chi connectivity index (χ4n) is 2.12. The first kappa shape index (κ1) is 11.9. The van der Waals surface area contributed by atoms with Gasteiger partial charge in [-0.15, -0.1) is 0 Å². The SMILES string of the molecule is CC[C@H](O)c1ccccc1N1CCNC(=O)C1. The number of anilines is 1. The van der Waals surface area contributed by atoms with Gasteiger partial charge in [-0.25, -0.2) is 0 Å². The number of aliphatic hydroxyl groups excluding tert-OH is 1. The number of amides is 1. The predicted octanol–water partition coefficient (Wildman–Crippen LogP) is 1.07. The van der Waals surface area contributed by atoms with Crippen molar-refractivity contribution >= 4 is 11.6 Å². The van der Waals surface area contributed by atoms with Gasteiger partial charge in [0.05, 0.1) is 12.6 Å². The Hall–Kier alpha value is -1.55. The van der Waals surface area contributed by atoms with E-state index in [1.54, 1.807) is 0 Å². The number of para-hydroxylation sites is 1. The second kappa shape index (κ2) is 5.19. The molecule has 0 spiro atoms. The Bertz CT molecular complexity index is 406. The Kier molecular flexibility index (Phi) is 3.64. The number of carbonyl (C=O) groups excluding carboxylic acids is 1. The third kappa shape index (κ3) is 2.58. The van der Waals surface area contributed by atoms with E-state index in [2.05, 4.69) is 5.32 Å². The Morgan fingerprint density at radius 3 is 2.94 bits per heavy atom. The number of benzene rings is 1. The maximum atomic E-state index is 11.4. The lowest BCUT2D eigenvalue weighted by molar-refractivity contribution is -0.120. The highest BCUT2D eigenvalue weighted by molar-refractivity contribution is 5.83. The third-order valence-corrected chi connectivity index (χ3v) is 3.06. The maximum Gasteiger partial charge on any atom is 0.239 e. The number of piperazine rings is 1. The summed E-state index contributed by atoms with van der Waals surface area (Å²) in [5.41, 5.74) is 1.88. The molecular weight excluding hydrogens is 216 g/mol. The molecule has 17 heavy (non-hydrogen) atoms. The van der Waals surface area contributed by atoms with Gasteiger partial charge in [0.25, 0.3) is 0 Å². The van der Waals surface area contributed by atoms with E-state index in [4.69, 9.17) is 0 Å². The highest BCUT2D eigenvalue weighted by Crippen LogP contribution is 2.28. The van der Waals surface area contributed by atoms with Crippen molar-refractivity contribution < 1.29 is 9.90 Å². The number of nitrogens with one attached hydrogen (secondary N) is 1. The van der Waals surface area contributed by atoms with E-state index in [1.807, 2.05) is 36.1 Å². The molecule has 0 saturated carbocycles. The zero-order valence-corrected chi connectivity index (χ0v) is 10.0. The zero-order chi connectivity index (χ0) is 12.3. The van der Waals surface area contributed by atoms with Gasteiger partial charge in [-0.2, -0.15) is 0 Å². The molecule has 1 aliphatic heterocycles. The smallest absolute Gasteiger partial charge is 0.239 e. The van der Waals surface area contributed by atoms with Crippen molar-refractivity contribution in [2.24, 2.45) is 0 Å². The summed E-state index contributed by atoms with van der Waals surface area (Å²) in [4.78, 5) is 13.4. The van der Waals surface area contributed by atoms with Crippen LogP contribution in [0, 0.1) is 0 Å². The molecule has 2 N–H and O–H groups in total. The molecule has 1 amide bonds. The van der Waals surface area contributed by atoms with Crippen molar-refractivity contribution in [3.05, 3.63) is 29.8 Å². The lowest BCUT2D eigenvalue weighted by Gasteiger charge is -2.31. The Labute approximate surface area is 101 Å². The normalized spacial score (nSPS) is 17.8. The van der Waals surface area contributed by atoms with Crippen LogP contribution in [0.2, 0.25) is 0 Å². The maximum absolute atomic E-state index is 11.4. The van der Waals surface area contributed by atoms with Gasteiger partial charge < -0.3 is 15.3 Å². The van der Waals surface area contributed by atoms with Crippen molar-refractivity contribution in [1.29, 1.82) is 0 Å². The van der Waals surface area contributed by atoms with Gasteiger partial charge in [-0.05, 0) is 12.5 Å². The first-order valence-electron chi connectivity index (χ1n) is 6.01. The summed E-state index contributed by atoms with van der Waals surface area (Å²) in [6, 6.07) is 7.75. The van der Waals surface area contributed by atoms with E-state index < -0.39 is 6.10 Å². The molecule has 92 valence electrons. The molecule has 1 heterocycles. The number of hydrogen-bond acceptors (Lipinski definition) is 3. The number of nitrogens with zero attached hydrogens (tertiary/aromatic N) is 1. The molecule has 0 aliphatic carbocycles. The summed E-state index contributed by atoms with van der Waals surface area (Å²) < 4.78 is 0. The standard InChI is InChI=1S/C13H18N2O2/c1-2-12(16)10-5-3-4-6-11(10)15-8-7-14-13(17)9-15/h3-6,12,16H,2,7-9H2,1H3,(H,14,17)/t12-/m0/s1. The topological polar surface area (TPSA) is 52.6 Å². The first-order chi connectivity index (χ1) is 8.22. The van der Waals surface area contributed by atoms with Gasteiger partial charge in [0.1, 0.15) is 0 Å². The van der Waals surface area contributed by atoms with Gasteiger partial charge in [0.15, 0.2) is 0 Å². The molecule has 1 aliphatic rings. The third-order valence-electron chi connectivity index (χ3n) is 3.06. The van der Waals surface area contributed by atoms with Crippen molar-refractivity contribution in [2.75, 3.05) is 24.5 Å². The van der Waals surface area contributed by atoms with Crippen LogP contribution in [0.3, 0.4) is 0 Å². The van der Waals surface area contributed by atoms with Crippen LogP contribution in [-0.2, 0) is 4.79 Å². The minimum Gasteiger partial charge on any atom is -0.388 e. The second-order valence-corrected chi connectivity index (χ2v) is 4.25. The summed E-state index contributed by atoms with van der Waals surface area (Å²) in [6.07, 6.45) is 0.216. The zero-order valence-electron chi connectivity index (χ0n) is 10.0. The lowest BCUT2D eigenvalue weighted by atomic mass is 10.0. The van der Waals surface area contributed by atoms with Crippen LogP contribution in [0.1, 0.15) is 25.0 Å². The van der Waals surface area contributed by atoms with Crippen molar-refractivity contribution in [3.63, 3.8) is 0 Å². The molecule has 0 radical (unpaired) electrons. The predicted molar refractivity (Wildman–Crippen MR) is 66.9 cm³/mol. The molecule has 1 fully saturated rings. The van der Waals surface area contributed by atoms with Crippen LogP contribution in [0.5, 0.6) is 0 Å². The highest BCUT2D eigenvalue weighted by Gasteiger charge is 2.20. The average Bonchev–Trinajstić information content (AvgIpc) is 2.38. The summed E-state index contributed by atoms with van der Waals surface area (Å²) in [5, 5.41) is 12.8. The van der Waals surface area contributed by atoms with Crippen LogP contribution in [0.25, 0.3) is 0 Å². The average molecular weight is 234 g/mol. The molecule has 1 aromatic rings. The number of aliphatic hydroxyl groups is 1. The molecule has 0 aromatic heterocycles. The number of hydrogen-bond donors (Lipinski definition) is 2. The molecule has 0 unspecified atom stereocenters. The fraction of sp³-hybridized carbons (Fsp3) is 0.462. The Morgan fingerprint density at radius 2 is 2.24 bits per heavy atom. The summed E-state index contributed by atoms with van der Waals surface area (Å²) in [7, 11) is 0. The molecule has 4 nitrogen and oxygen atoms in total. The minimum atomic E-state index is -0.462. The lowest BCUT2D eigenvalue weighted by Crippen LogP contribution is -2.48. The van der Waals surface area contributed by atoms with Crippen LogP contribution in [0.4, 0.5) is 5.69 Å². The Balaban J connectivity index is 2.27.